The first-order valence-electron chi connectivity index (χ1n) is 5.39. The van der Waals surface area contributed by atoms with Crippen molar-refractivity contribution in [2.45, 2.75) is 13.8 Å². The number of carbonyl (C=O) groups excluding carboxylic acids is 1. The molecule has 0 saturated carbocycles. The van der Waals surface area contributed by atoms with E-state index in [1.807, 2.05) is 18.2 Å². The smallest absolute Gasteiger partial charge is 0.343 e. The van der Waals surface area contributed by atoms with Crippen LogP contribution in [0.15, 0.2) is 28.7 Å². The number of aryl methyl sites for hydroxylation is 1. The molecule has 0 unspecified atom stereocenters. The summed E-state index contributed by atoms with van der Waals surface area (Å²) in [6.45, 7) is 3.81. The van der Waals surface area contributed by atoms with E-state index in [0.717, 1.165) is 10.9 Å². The standard InChI is InChI=1S/C13H13NO3/c1-3-16-13(15)11-8(2)9-6-4-5-7-10(9)17-12(11)14/h4-7,14H,3H2,1-2H3. The molecular weight excluding hydrogens is 218 g/mol. The SMILES string of the molecule is CCOC(=O)c1c(C)c2ccccc2oc1=N. The van der Waals surface area contributed by atoms with Crippen molar-refractivity contribution in [3.05, 3.63) is 40.9 Å². The molecular formula is C13H13NO3. The first kappa shape index (κ1) is 11.4. The molecule has 1 aromatic heterocycles. The zero-order chi connectivity index (χ0) is 12.4. The van der Waals surface area contributed by atoms with Crippen LogP contribution >= 0.6 is 0 Å². The van der Waals surface area contributed by atoms with Gasteiger partial charge in [-0.05, 0) is 25.5 Å². The molecule has 0 bridgehead atoms. The van der Waals surface area contributed by atoms with Crippen molar-refractivity contribution in [2.24, 2.45) is 0 Å². The highest BCUT2D eigenvalue weighted by Gasteiger charge is 2.16. The Labute approximate surface area is 98.3 Å². The predicted molar refractivity (Wildman–Crippen MR) is 62.8 cm³/mol. The Bertz CT molecular complexity index is 628. The summed E-state index contributed by atoms with van der Waals surface area (Å²) in [7, 11) is 0. The molecule has 0 saturated heterocycles. The van der Waals surface area contributed by atoms with Crippen molar-refractivity contribution in [2.75, 3.05) is 6.61 Å². The molecule has 0 amide bonds. The van der Waals surface area contributed by atoms with Gasteiger partial charge in [-0.15, -0.1) is 0 Å². The summed E-state index contributed by atoms with van der Waals surface area (Å²) in [6, 6.07) is 7.32. The van der Waals surface area contributed by atoms with Gasteiger partial charge in [0.2, 0.25) is 5.55 Å². The van der Waals surface area contributed by atoms with E-state index in [1.54, 1.807) is 19.9 Å². The van der Waals surface area contributed by atoms with E-state index in [0.29, 0.717) is 5.58 Å². The lowest BCUT2D eigenvalue weighted by Gasteiger charge is -2.07. The second-order valence-corrected chi connectivity index (χ2v) is 3.65. The Morgan fingerprint density at radius 2 is 2.12 bits per heavy atom. The largest absolute Gasteiger partial charge is 0.462 e. The van der Waals surface area contributed by atoms with Gasteiger partial charge < -0.3 is 9.15 Å². The van der Waals surface area contributed by atoms with Crippen LogP contribution in [0.1, 0.15) is 22.8 Å². The van der Waals surface area contributed by atoms with Crippen LogP contribution in [-0.4, -0.2) is 12.6 Å². The van der Waals surface area contributed by atoms with Crippen LogP contribution in [-0.2, 0) is 4.74 Å². The molecule has 4 nitrogen and oxygen atoms in total. The van der Waals surface area contributed by atoms with E-state index in [1.165, 1.54) is 0 Å². The Morgan fingerprint density at radius 3 is 2.82 bits per heavy atom. The number of rotatable bonds is 2. The number of benzene rings is 1. The molecule has 1 heterocycles. The highest BCUT2D eigenvalue weighted by atomic mass is 16.5. The minimum absolute atomic E-state index is 0.153. The third kappa shape index (κ3) is 1.93. The van der Waals surface area contributed by atoms with E-state index in [9.17, 15) is 4.79 Å². The van der Waals surface area contributed by atoms with E-state index in [-0.39, 0.29) is 17.7 Å². The molecule has 0 atom stereocenters. The van der Waals surface area contributed by atoms with Crippen LogP contribution in [0.5, 0.6) is 0 Å². The Morgan fingerprint density at radius 1 is 1.41 bits per heavy atom. The van der Waals surface area contributed by atoms with Gasteiger partial charge in [-0.1, -0.05) is 18.2 Å². The molecule has 1 aromatic carbocycles. The molecule has 0 aliphatic rings. The molecule has 17 heavy (non-hydrogen) atoms. The van der Waals surface area contributed by atoms with Crippen molar-refractivity contribution in [1.82, 2.24) is 0 Å². The molecule has 0 aliphatic heterocycles. The fraction of sp³-hybridized carbons (Fsp3) is 0.231. The highest BCUT2D eigenvalue weighted by Crippen LogP contribution is 2.19. The third-order valence-corrected chi connectivity index (χ3v) is 2.58. The number of ether oxygens (including phenoxy) is 1. The molecule has 4 heteroatoms. The van der Waals surface area contributed by atoms with Gasteiger partial charge >= 0.3 is 5.97 Å². The van der Waals surface area contributed by atoms with Crippen LogP contribution in [0, 0.1) is 12.3 Å². The number of para-hydroxylation sites is 1. The van der Waals surface area contributed by atoms with Gasteiger partial charge in [0.05, 0.1) is 6.61 Å². The number of hydrogen-bond donors (Lipinski definition) is 1. The topological polar surface area (TPSA) is 63.3 Å². The maximum Gasteiger partial charge on any atom is 0.343 e. The quantitative estimate of drug-likeness (QED) is 0.807. The summed E-state index contributed by atoms with van der Waals surface area (Å²) in [5.74, 6) is -0.510. The van der Waals surface area contributed by atoms with Crippen molar-refractivity contribution in [3.63, 3.8) is 0 Å². The molecule has 0 spiro atoms. The minimum atomic E-state index is -0.510. The Balaban J connectivity index is 2.72. The van der Waals surface area contributed by atoms with Crippen molar-refractivity contribution in [1.29, 1.82) is 5.41 Å². The zero-order valence-electron chi connectivity index (χ0n) is 9.74. The molecule has 88 valence electrons. The number of hydrogen-bond acceptors (Lipinski definition) is 4. The Hall–Kier alpha value is -2.10. The first-order chi connectivity index (χ1) is 8.15. The molecule has 2 rings (SSSR count). The van der Waals surface area contributed by atoms with Crippen molar-refractivity contribution < 1.29 is 13.9 Å². The maximum absolute atomic E-state index is 11.7. The predicted octanol–water partition coefficient (Wildman–Crippen LogP) is 2.40. The number of fused-ring (bicyclic) bond motifs is 1. The van der Waals surface area contributed by atoms with Gasteiger partial charge in [0.25, 0.3) is 0 Å². The van der Waals surface area contributed by atoms with Gasteiger partial charge in [-0.2, -0.15) is 0 Å². The fourth-order valence-electron chi connectivity index (χ4n) is 1.78. The lowest BCUT2D eigenvalue weighted by molar-refractivity contribution is 0.0520. The highest BCUT2D eigenvalue weighted by molar-refractivity contribution is 5.95. The second-order valence-electron chi connectivity index (χ2n) is 3.65. The van der Waals surface area contributed by atoms with E-state index in [4.69, 9.17) is 14.6 Å². The summed E-state index contributed by atoms with van der Waals surface area (Å²) in [4.78, 5) is 11.7. The summed E-state index contributed by atoms with van der Waals surface area (Å²) in [6.07, 6.45) is 0. The molecule has 2 aromatic rings. The van der Waals surface area contributed by atoms with Crippen LogP contribution in [0.2, 0.25) is 0 Å². The third-order valence-electron chi connectivity index (χ3n) is 2.58. The van der Waals surface area contributed by atoms with Crippen molar-refractivity contribution >= 4 is 16.9 Å². The van der Waals surface area contributed by atoms with E-state index in [2.05, 4.69) is 0 Å². The zero-order valence-corrected chi connectivity index (χ0v) is 9.74. The first-order valence-corrected chi connectivity index (χ1v) is 5.39. The van der Waals surface area contributed by atoms with Crippen molar-refractivity contribution in [3.8, 4) is 0 Å². The maximum atomic E-state index is 11.7. The summed E-state index contributed by atoms with van der Waals surface area (Å²) in [5, 5.41) is 8.56. The normalized spacial score (nSPS) is 10.5. The van der Waals surface area contributed by atoms with Gasteiger partial charge in [0, 0.05) is 5.39 Å². The van der Waals surface area contributed by atoms with Gasteiger partial charge in [0.15, 0.2) is 0 Å². The van der Waals surface area contributed by atoms with E-state index < -0.39 is 5.97 Å². The van der Waals surface area contributed by atoms with E-state index >= 15 is 0 Å². The van der Waals surface area contributed by atoms with Gasteiger partial charge in [0.1, 0.15) is 11.1 Å². The monoisotopic (exact) mass is 231 g/mol. The average Bonchev–Trinajstić information content (AvgIpc) is 2.29. The number of carbonyl (C=O) groups is 1. The summed E-state index contributed by atoms with van der Waals surface area (Å²) >= 11 is 0. The lowest BCUT2D eigenvalue weighted by Crippen LogP contribution is -2.18. The van der Waals surface area contributed by atoms with Gasteiger partial charge in [-0.25, -0.2) is 4.79 Å². The van der Waals surface area contributed by atoms with Crippen LogP contribution in [0.25, 0.3) is 11.0 Å². The van der Waals surface area contributed by atoms with Gasteiger partial charge in [-0.3, -0.25) is 5.41 Å². The Kier molecular flexibility index (Phi) is 2.95. The number of nitrogens with one attached hydrogen (secondary N) is 1. The lowest BCUT2D eigenvalue weighted by atomic mass is 10.1. The van der Waals surface area contributed by atoms with Crippen LogP contribution in [0.4, 0.5) is 0 Å². The summed E-state index contributed by atoms with van der Waals surface area (Å²) in [5.41, 5.74) is 1.36. The minimum Gasteiger partial charge on any atom is -0.462 e. The fourth-order valence-corrected chi connectivity index (χ4v) is 1.78. The van der Waals surface area contributed by atoms with Crippen LogP contribution in [0.3, 0.4) is 0 Å². The molecule has 1 N–H and O–H groups in total. The molecule has 0 aliphatic carbocycles. The molecule has 0 fully saturated rings. The summed E-state index contributed by atoms with van der Waals surface area (Å²) < 4.78 is 10.2. The molecule has 0 radical (unpaired) electrons. The second kappa shape index (κ2) is 4.41. The average molecular weight is 231 g/mol. The number of esters is 1. The van der Waals surface area contributed by atoms with Crippen LogP contribution < -0.4 is 5.55 Å².